The van der Waals surface area contributed by atoms with Gasteiger partial charge in [0.05, 0.1) is 15.4 Å². The molecule has 0 aliphatic heterocycles. The predicted molar refractivity (Wildman–Crippen MR) is 69.0 cm³/mol. The molecular formula is C10H5BrClN3S. The van der Waals surface area contributed by atoms with E-state index in [0.29, 0.717) is 0 Å². The minimum atomic E-state index is 0.767. The van der Waals surface area contributed by atoms with Crippen LogP contribution in [0.1, 0.15) is 0 Å². The second-order valence-corrected chi connectivity index (χ2v) is 5.72. The summed E-state index contributed by atoms with van der Waals surface area (Å²) in [7, 11) is 0. The van der Waals surface area contributed by atoms with Crippen LogP contribution in [0.3, 0.4) is 0 Å². The number of rotatable bonds is 1. The lowest BCUT2D eigenvalue weighted by atomic mass is 10.3. The molecule has 0 amide bonds. The highest BCUT2D eigenvalue weighted by Gasteiger charge is 2.05. The van der Waals surface area contributed by atoms with Crippen molar-refractivity contribution in [2.45, 2.75) is 0 Å². The Hall–Kier alpha value is -0.910. The minimum absolute atomic E-state index is 0.767. The van der Waals surface area contributed by atoms with Crippen molar-refractivity contribution in [1.82, 2.24) is 14.6 Å². The molecule has 0 spiro atoms. The Kier molecular flexibility index (Phi) is 2.46. The molecule has 0 N–H and O–H groups in total. The van der Waals surface area contributed by atoms with Gasteiger partial charge >= 0.3 is 0 Å². The van der Waals surface area contributed by atoms with Crippen molar-refractivity contribution in [2.75, 3.05) is 0 Å². The highest BCUT2D eigenvalue weighted by atomic mass is 79.9. The van der Waals surface area contributed by atoms with Crippen molar-refractivity contribution < 1.29 is 0 Å². The van der Waals surface area contributed by atoms with Crippen molar-refractivity contribution >= 4 is 44.5 Å². The molecule has 3 rings (SSSR count). The van der Waals surface area contributed by atoms with Crippen molar-refractivity contribution in [2.24, 2.45) is 0 Å². The third kappa shape index (κ3) is 1.75. The fourth-order valence-corrected chi connectivity index (χ4v) is 2.82. The molecule has 0 atom stereocenters. The van der Waals surface area contributed by atoms with Crippen LogP contribution in [-0.2, 0) is 0 Å². The van der Waals surface area contributed by atoms with Gasteiger partial charge in [0.15, 0.2) is 5.65 Å². The van der Waals surface area contributed by atoms with E-state index in [9.17, 15) is 0 Å². The number of fused-ring (bicyclic) bond motifs is 1. The van der Waals surface area contributed by atoms with Gasteiger partial charge in [0, 0.05) is 0 Å². The number of hydrogen-bond acceptors (Lipinski definition) is 3. The van der Waals surface area contributed by atoms with Crippen LogP contribution < -0.4 is 0 Å². The van der Waals surface area contributed by atoms with Crippen LogP contribution in [0.15, 0.2) is 35.1 Å². The summed E-state index contributed by atoms with van der Waals surface area (Å²) in [5.74, 6) is 0. The maximum absolute atomic E-state index is 5.90. The molecule has 0 bridgehead atoms. The topological polar surface area (TPSA) is 30.2 Å². The van der Waals surface area contributed by atoms with Crippen molar-refractivity contribution in [3.8, 4) is 10.6 Å². The zero-order valence-corrected chi connectivity index (χ0v) is 11.1. The first kappa shape index (κ1) is 10.3. The molecule has 0 saturated heterocycles. The molecule has 6 heteroatoms. The molecule has 0 saturated carbocycles. The van der Waals surface area contributed by atoms with Gasteiger partial charge in [-0.2, -0.15) is 5.10 Å². The summed E-state index contributed by atoms with van der Waals surface area (Å²) in [5.41, 5.74) is 1.72. The van der Waals surface area contributed by atoms with Crippen LogP contribution in [0, 0.1) is 0 Å². The molecule has 3 heterocycles. The van der Waals surface area contributed by atoms with E-state index in [0.717, 1.165) is 25.2 Å². The second kappa shape index (κ2) is 3.84. The van der Waals surface area contributed by atoms with Gasteiger partial charge in [-0.1, -0.05) is 11.6 Å². The summed E-state index contributed by atoms with van der Waals surface area (Å²) in [6, 6.07) is 7.71. The van der Waals surface area contributed by atoms with Crippen LogP contribution in [0.5, 0.6) is 0 Å². The molecule has 3 nitrogen and oxygen atoms in total. The summed E-state index contributed by atoms with van der Waals surface area (Å²) >= 11 is 10.7. The fraction of sp³-hybridized carbons (Fsp3) is 0. The monoisotopic (exact) mass is 313 g/mol. The molecule has 0 aliphatic rings. The molecule has 3 aromatic heterocycles. The Morgan fingerprint density at radius 1 is 1.25 bits per heavy atom. The van der Waals surface area contributed by atoms with Crippen LogP contribution in [-0.4, -0.2) is 14.6 Å². The molecule has 16 heavy (non-hydrogen) atoms. The van der Waals surface area contributed by atoms with Crippen molar-refractivity contribution in [1.29, 1.82) is 0 Å². The zero-order chi connectivity index (χ0) is 11.1. The second-order valence-electron chi connectivity index (χ2n) is 3.19. The highest BCUT2D eigenvalue weighted by molar-refractivity contribution is 9.10. The van der Waals surface area contributed by atoms with Crippen LogP contribution in [0.2, 0.25) is 4.34 Å². The maximum atomic E-state index is 5.90. The smallest absolute Gasteiger partial charge is 0.154 e. The number of aromatic nitrogens is 3. The van der Waals surface area contributed by atoms with E-state index in [4.69, 9.17) is 11.6 Å². The summed E-state index contributed by atoms with van der Waals surface area (Å²) in [6.07, 6.45) is 1.83. The largest absolute Gasteiger partial charge is 0.220 e. The Bertz CT molecular complexity index is 661. The lowest BCUT2D eigenvalue weighted by molar-refractivity contribution is 0.943. The van der Waals surface area contributed by atoms with Gasteiger partial charge in [-0.05, 0) is 40.2 Å². The van der Waals surface area contributed by atoms with Gasteiger partial charge in [0.1, 0.15) is 10.3 Å². The van der Waals surface area contributed by atoms with Gasteiger partial charge in [-0.3, -0.25) is 0 Å². The van der Waals surface area contributed by atoms with E-state index in [1.807, 2.05) is 30.5 Å². The zero-order valence-electron chi connectivity index (χ0n) is 7.89. The molecule has 80 valence electrons. The summed E-state index contributed by atoms with van der Waals surface area (Å²) in [4.78, 5) is 5.30. The molecule has 0 aromatic carbocycles. The molecule has 3 aromatic rings. The average molecular weight is 315 g/mol. The van der Waals surface area contributed by atoms with E-state index in [-0.39, 0.29) is 0 Å². The number of hydrogen-bond donors (Lipinski definition) is 0. The number of halogens is 2. The summed E-state index contributed by atoms with van der Waals surface area (Å²) in [6.45, 7) is 0. The van der Waals surface area contributed by atoms with E-state index < -0.39 is 0 Å². The maximum Gasteiger partial charge on any atom is 0.154 e. The third-order valence-corrected chi connectivity index (χ3v) is 3.75. The predicted octanol–water partition coefficient (Wildman–Crippen LogP) is 3.87. The van der Waals surface area contributed by atoms with Crippen LogP contribution >= 0.6 is 38.9 Å². The molecule has 0 radical (unpaired) electrons. The van der Waals surface area contributed by atoms with Gasteiger partial charge < -0.3 is 0 Å². The highest BCUT2D eigenvalue weighted by Crippen LogP contribution is 2.29. The quantitative estimate of drug-likeness (QED) is 0.682. The van der Waals surface area contributed by atoms with E-state index in [1.165, 1.54) is 11.3 Å². The van der Waals surface area contributed by atoms with Crippen molar-refractivity contribution in [3.05, 3.63) is 39.4 Å². The standard InChI is InChI=1S/C10H5BrClN3S/c11-8-5-15-10(13-8)4-1-6(14-15)7-2-3-9(12)16-7/h1-5H. The number of thiophene rings is 1. The first-order valence-corrected chi connectivity index (χ1v) is 6.49. The Balaban J connectivity index is 2.17. The lowest BCUT2D eigenvalue weighted by Crippen LogP contribution is -1.91. The Morgan fingerprint density at radius 2 is 2.12 bits per heavy atom. The summed E-state index contributed by atoms with van der Waals surface area (Å²) < 4.78 is 3.29. The van der Waals surface area contributed by atoms with Crippen LogP contribution in [0.4, 0.5) is 0 Å². The summed E-state index contributed by atoms with van der Waals surface area (Å²) in [5, 5.41) is 4.46. The minimum Gasteiger partial charge on any atom is -0.220 e. The molecule has 0 aliphatic carbocycles. The van der Waals surface area contributed by atoms with Crippen molar-refractivity contribution in [3.63, 3.8) is 0 Å². The van der Waals surface area contributed by atoms with Crippen LogP contribution in [0.25, 0.3) is 16.2 Å². The van der Waals surface area contributed by atoms with E-state index in [1.54, 1.807) is 4.52 Å². The van der Waals surface area contributed by atoms with Gasteiger partial charge in [-0.15, -0.1) is 11.3 Å². The Morgan fingerprint density at radius 3 is 2.88 bits per heavy atom. The van der Waals surface area contributed by atoms with Gasteiger partial charge in [-0.25, -0.2) is 9.50 Å². The Labute approximate surface area is 109 Å². The normalized spacial score (nSPS) is 11.1. The number of imidazole rings is 1. The van der Waals surface area contributed by atoms with E-state index in [2.05, 4.69) is 26.0 Å². The molecule has 0 fully saturated rings. The molecule has 0 unspecified atom stereocenters. The fourth-order valence-electron chi connectivity index (χ4n) is 1.44. The van der Waals surface area contributed by atoms with E-state index >= 15 is 0 Å². The first-order chi connectivity index (χ1) is 7.72. The first-order valence-electron chi connectivity index (χ1n) is 4.50. The SMILES string of the molecule is Clc1ccc(-c2ccc3nc(Br)cn3n2)s1. The number of nitrogens with zero attached hydrogens (tertiary/aromatic N) is 3. The third-order valence-electron chi connectivity index (χ3n) is 2.12. The molecular weight excluding hydrogens is 310 g/mol. The van der Waals surface area contributed by atoms with Gasteiger partial charge in [0.2, 0.25) is 0 Å². The van der Waals surface area contributed by atoms with Gasteiger partial charge in [0.25, 0.3) is 0 Å². The average Bonchev–Trinajstić information content (AvgIpc) is 2.81. The lowest BCUT2D eigenvalue weighted by Gasteiger charge is -1.97.